The molecule has 0 spiro atoms. The van der Waals surface area contributed by atoms with Crippen LogP contribution in [0.3, 0.4) is 0 Å². The molecule has 1 N–H and O–H groups in total. The number of thioether (sulfide) groups is 1. The zero-order valence-electron chi connectivity index (χ0n) is 19.6. The summed E-state index contributed by atoms with van der Waals surface area (Å²) in [6.07, 6.45) is 0.309. The van der Waals surface area contributed by atoms with Gasteiger partial charge in [-0.05, 0) is 43.5 Å². The van der Waals surface area contributed by atoms with E-state index >= 15 is 0 Å². The number of amides is 1. The number of aliphatic hydroxyl groups is 1. The second-order valence-electron chi connectivity index (χ2n) is 8.87. The number of aliphatic hydroxyl groups excluding tert-OH is 1. The van der Waals surface area contributed by atoms with E-state index in [1.807, 2.05) is 6.92 Å². The van der Waals surface area contributed by atoms with Gasteiger partial charge in [-0.25, -0.2) is 4.79 Å². The van der Waals surface area contributed by atoms with Crippen molar-refractivity contribution in [1.82, 2.24) is 4.90 Å². The number of fused-ring (bicyclic) bond motifs is 1. The highest BCUT2D eigenvalue weighted by molar-refractivity contribution is 8.03. The van der Waals surface area contributed by atoms with Gasteiger partial charge in [-0.2, -0.15) is 0 Å². The van der Waals surface area contributed by atoms with Gasteiger partial charge in [-0.3, -0.25) is 14.9 Å². The predicted molar refractivity (Wildman–Crippen MR) is 127 cm³/mol. The van der Waals surface area contributed by atoms with Crippen molar-refractivity contribution < 1.29 is 29.1 Å². The summed E-state index contributed by atoms with van der Waals surface area (Å²) in [7, 11) is 0. The van der Waals surface area contributed by atoms with E-state index in [-0.39, 0.29) is 60.9 Å². The Morgan fingerprint density at radius 3 is 2.66 bits per heavy atom. The van der Waals surface area contributed by atoms with Gasteiger partial charge in [0.2, 0.25) is 5.91 Å². The first-order valence-corrected chi connectivity index (χ1v) is 12.0. The lowest BCUT2D eigenvalue weighted by Crippen LogP contribution is -2.60. The van der Waals surface area contributed by atoms with Crippen LogP contribution >= 0.6 is 11.8 Å². The average molecular weight is 506 g/mol. The third kappa shape index (κ3) is 5.76. The molecule has 2 aliphatic heterocycles. The first kappa shape index (κ1) is 26.5. The van der Waals surface area contributed by atoms with E-state index in [1.165, 1.54) is 40.9 Å². The SMILES string of the molecule is C[C@H]1C(SCOC(C)(C)CN=[N+]=[N-])=C(C(=O)OCc2ccc([N+](=O)[O-])cc2)N2C(=O)[C@@H](CCO)[C@@H]12. The number of carbonyl (C=O) groups excluding carboxylic acids is 2. The van der Waals surface area contributed by atoms with Crippen LogP contribution in [0.25, 0.3) is 10.4 Å². The molecule has 0 radical (unpaired) electrons. The number of β-lactam (4-membered cyclic amide) rings is 1. The number of ether oxygens (including phenoxy) is 2. The van der Waals surface area contributed by atoms with E-state index in [2.05, 4.69) is 10.0 Å². The van der Waals surface area contributed by atoms with Crippen molar-refractivity contribution in [1.29, 1.82) is 0 Å². The minimum absolute atomic E-state index is 0.0709. The molecule has 0 aromatic heterocycles. The zero-order chi connectivity index (χ0) is 25.8. The summed E-state index contributed by atoms with van der Waals surface area (Å²) in [5.74, 6) is -1.30. The van der Waals surface area contributed by atoms with E-state index in [0.29, 0.717) is 16.9 Å². The van der Waals surface area contributed by atoms with Crippen molar-refractivity contribution in [3.05, 3.63) is 61.0 Å². The molecule has 3 atom stereocenters. The molecule has 1 amide bonds. The molecule has 1 saturated heterocycles. The molecule has 188 valence electrons. The van der Waals surface area contributed by atoms with Crippen LogP contribution in [-0.2, 0) is 25.7 Å². The Hall–Kier alpha value is -3.12. The molecule has 0 unspecified atom stereocenters. The molecule has 13 heteroatoms. The van der Waals surface area contributed by atoms with Crippen LogP contribution in [0.15, 0.2) is 40.0 Å². The maximum absolute atomic E-state index is 13.1. The number of rotatable bonds is 12. The fraction of sp³-hybridized carbons (Fsp3) is 0.545. The lowest BCUT2D eigenvalue weighted by molar-refractivity contribution is -0.384. The third-order valence-corrected chi connectivity index (χ3v) is 7.11. The van der Waals surface area contributed by atoms with Crippen molar-refractivity contribution >= 4 is 29.3 Å². The highest BCUT2D eigenvalue weighted by Crippen LogP contribution is 2.50. The number of nitrogens with zero attached hydrogens (tertiary/aromatic N) is 5. The van der Waals surface area contributed by atoms with Gasteiger partial charge in [0.25, 0.3) is 5.69 Å². The summed E-state index contributed by atoms with van der Waals surface area (Å²) in [6, 6.07) is 5.40. The van der Waals surface area contributed by atoms with Gasteiger partial charge in [0.15, 0.2) is 0 Å². The second-order valence-corrected chi connectivity index (χ2v) is 9.84. The Labute approximate surface area is 206 Å². The highest BCUT2D eigenvalue weighted by atomic mass is 32.2. The van der Waals surface area contributed by atoms with Gasteiger partial charge < -0.3 is 19.5 Å². The van der Waals surface area contributed by atoms with Crippen LogP contribution in [-0.4, -0.2) is 57.5 Å². The van der Waals surface area contributed by atoms with Crippen molar-refractivity contribution in [2.45, 2.75) is 45.4 Å². The standard InChI is InChI=1S/C22H27N5O7S/c1-13-17-16(8-9-28)20(29)26(17)18(19(13)35-12-34-22(2,3)11-24-25-23)21(30)33-10-14-4-6-15(7-5-14)27(31)32/h4-7,13,16-17,28H,8-12H2,1-3H3/t13-,16+,17-/m1/s1. The maximum atomic E-state index is 13.1. The summed E-state index contributed by atoms with van der Waals surface area (Å²) in [5, 5.41) is 23.7. The molecule has 35 heavy (non-hydrogen) atoms. The number of non-ortho nitro benzene ring substituents is 1. The Bertz CT molecular complexity index is 1070. The molecule has 3 rings (SSSR count). The van der Waals surface area contributed by atoms with Crippen LogP contribution in [0.4, 0.5) is 5.69 Å². The van der Waals surface area contributed by atoms with Crippen LogP contribution in [0, 0.1) is 22.0 Å². The van der Waals surface area contributed by atoms with Gasteiger partial charge in [0.1, 0.15) is 12.3 Å². The average Bonchev–Trinajstić information content (AvgIpc) is 3.08. The van der Waals surface area contributed by atoms with Gasteiger partial charge in [0, 0.05) is 34.5 Å². The molecule has 2 aliphatic rings. The minimum Gasteiger partial charge on any atom is -0.456 e. The number of nitro benzene ring substituents is 1. The van der Waals surface area contributed by atoms with E-state index in [1.54, 1.807) is 13.8 Å². The summed E-state index contributed by atoms with van der Waals surface area (Å²) in [6.45, 7) is 5.36. The normalized spacial score (nSPS) is 21.3. The van der Waals surface area contributed by atoms with E-state index in [9.17, 15) is 24.8 Å². The topological polar surface area (TPSA) is 168 Å². The number of carbonyl (C=O) groups is 2. The number of nitro groups is 1. The molecule has 0 aliphatic carbocycles. The Morgan fingerprint density at radius 2 is 2.06 bits per heavy atom. The number of azide groups is 1. The summed E-state index contributed by atoms with van der Waals surface area (Å²) in [5.41, 5.74) is 8.48. The molecular formula is C22H27N5O7S. The zero-order valence-corrected chi connectivity index (χ0v) is 20.4. The monoisotopic (exact) mass is 505 g/mol. The predicted octanol–water partition coefficient (Wildman–Crippen LogP) is 3.50. The molecule has 1 aromatic carbocycles. The Morgan fingerprint density at radius 1 is 1.37 bits per heavy atom. The van der Waals surface area contributed by atoms with Crippen LogP contribution in [0.5, 0.6) is 0 Å². The van der Waals surface area contributed by atoms with Crippen molar-refractivity contribution in [2.75, 3.05) is 19.1 Å². The van der Waals surface area contributed by atoms with Gasteiger partial charge in [0.05, 0.1) is 35.0 Å². The first-order chi connectivity index (χ1) is 16.6. The van der Waals surface area contributed by atoms with Gasteiger partial charge in [-0.15, -0.1) is 0 Å². The van der Waals surface area contributed by atoms with E-state index in [0.717, 1.165) is 0 Å². The van der Waals surface area contributed by atoms with Crippen molar-refractivity contribution in [2.24, 2.45) is 17.0 Å². The number of benzene rings is 1. The molecule has 0 bridgehead atoms. The molecule has 0 saturated carbocycles. The van der Waals surface area contributed by atoms with E-state index < -0.39 is 16.5 Å². The van der Waals surface area contributed by atoms with Crippen LogP contribution < -0.4 is 0 Å². The highest BCUT2D eigenvalue weighted by Gasteiger charge is 2.58. The van der Waals surface area contributed by atoms with Crippen molar-refractivity contribution in [3.8, 4) is 0 Å². The first-order valence-electron chi connectivity index (χ1n) is 11.0. The van der Waals surface area contributed by atoms with Gasteiger partial charge in [-0.1, -0.05) is 23.8 Å². The fourth-order valence-electron chi connectivity index (χ4n) is 4.15. The van der Waals surface area contributed by atoms with Crippen LogP contribution in [0.1, 0.15) is 32.8 Å². The van der Waals surface area contributed by atoms with Gasteiger partial charge >= 0.3 is 5.97 Å². The number of esters is 1. The molecular weight excluding hydrogens is 478 g/mol. The lowest BCUT2D eigenvalue weighted by Gasteiger charge is -2.45. The summed E-state index contributed by atoms with van der Waals surface area (Å²) >= 11 is 1.28. The number of hydrogen-bond acceptors (Lipinski definition) is 9. The molecule has 1 fully saturated rings. The van der Waals surface area contributed by atoms with E-state index in [4.69, 9.17) is 15.0 Å². The molecule has 1 aromatic rings. The fourth-order valence-corrected chi connectivity index (χ4v) is 5.38. The van der Waals surface area contributed by atoms with Crippen molar-refractivity contribution in [3.63, 3.8) is 0 Å². The Kier molecular flexibility index (Phi) is 8.39. The Balaban J connectivity index is 1.76. The summed E-state index contributed by atoms with van der Waals surface area (Å²) in [4.78, 5) is 41.0. The molecule has 12 nitrogen and oxygen atoms in total. The van der Waals surface area contributed by atoms with Crippen LogP contribution in [0.2, 0.25) is 0 Å². The third-order valence-electron chi connectivity index (χ3n) is 5.99. The number of hydrogen-bond donors (Lipinski definition) is 1. The quantitative estimate of drug-likeness (QED) is 0.0658. The largest absolute Gasteiger partial charge is 0.456 e. The lowest BCUT2D eigenvalue weighted by atomic mass is 9.80. The second kappa shape index (κ2) is 11.1. The minimum atomic E-state index is -0.716. The smallest absolute Gasteiger partial charge is 0.356 e. The summed E-state index contributed by atoms with van der Waals surface area (Å²) < 4.78 is 11.3. The maximum Gasteiger partial charge on any atom is 0.356 e. The molecule has 2 heterocycles.